The third-order valence-corrected chi connectivity index (χ3v) is 3.32. The number of halogens is 1. The van der Waals surface area contributed by atoms with Gasteiger partial charge in [-0.25, -0.2) is 9.97 Å². The summed E-state index contributed by atoms with van der Waals surface area (Å²) < 4.78 is 5.30. The van der Waals surface area contributed by atoms with Gasteiger partial charge in [0.1, 0.15) is 5.82 Å². The molecule has 1 aromatic rings. The average molecular weight is 285 g/mol. The quantitative estimate of drug-likeness (QED) is 0.872. The molecule has 0 atom stereocenters. The van der Waals surface area contributed by atoms with Crippen molar-refractivity contribution in [2.75, 3.05) is 18.5 Å². The number of aromatic nitrogens is 2. The third kappa shape index (κ3) is 3.33. The average Bonchev–Trinajstić information content (AvgIpc) is 2.39. The maximum Gasteiger partial charge on any atom is 0.270 e. The zero-order chi connectivity index (χ0) is 13.8. The molecule has 104 valence electrons. The molecule has 1 aliphatic rings. The molecule has 7 heteroatoms. The van der Waals surface area contributed by atoms with Crippen molar-refractivity contribution >= 4 is 23.3 Å². The monoisotopic (exact) mass is 284 g/mol. The summed E-state index contributed by atoms with van der Waals surface area (Å²) in [4.78, 5) is 19.6. The summed E-state index contributed by atoms with van der Waals surface area (Å²) >= 11 is 5.93. The predicted octanol–water partition coefficient (Wildman–Crippen LogP) is 1.38. The first-order valence-corrected chi connectivity index (χ1v) is 6.70. The smallest absolute Gasteiger partial charge is 0.270 e. The Morgan fingerprint density at radius 1 is 1.47 bits per heavy atom. The van der Waals surface area contributed by atoms with Crippen molar-refractivity contribution in [3.8, 4) is 0 Å². The number of carbonyl (C=O) groups excluding carboxylic acids is 1. The van der Waals surface area contributed by atoms with Crippen molar-refractivity contribution < 1.29 is 9.53 Å². The van der Waals surface area contributed by atoms with Gasteiger partial charge in [-0.1, -0.05) is 18.5 Å². The van der Waals surface area contributed by atoms with E-state index in [-0.39, 0.29) is 10.8 Å². The standard InChI is InChI=1S/C12H17ClN4O2/c1-2-8-12(15-7-3-5-19-6-4-7)17-10(13)9(16-8)11(14)18/h7H,2-6H2,1H3,(H2,14,18)(H,15,17). The van der Waals surface area contributed by atoms with Gasteiger partial charge in [-0.05, 0) is 19.3 Å². The first-order chi connectivity index (χ1) is 9.11. The van der Waals surface area contributed by atoms with Gasteiger partial charge in [-0.2, -0.15) is 0 Å². The summed E-state index contributed by atoms with van der Waals surface area (Å²) in [5, 5.41) is 3.36. The van der Waals surface area contributed by atoms with Crippen LogP contribution in [0.3, 0.4) is 0 Å². The van der Waals surface area contributed by atoms with Gasteiger partial charge in [-0.15, -0.1) is 0 Å². The number of hydrogen-bond donors (Lipinski definition) is 2. The molecule has 0 bridgehead atoms. The number of primary amides is 1. The summed E-state index contributed by atoms with van der Waals surface area (Å²) in [5.41, 5.74) is 5.93. The van der Waals surface area contributed by atoms with Gasteiger partial charge < -0.3 is 15.8 Å². The molecule has 0 saturated carbocycles. The van der Waals surface area contributed by atoms with Crippen LogP contribution in [0.4, 0.5) is 5.82 Å². The molecule has 2 rings (SSSR count). The van der Waals surface area contributed by atoms with E-state index in [0.29, 0.717) is 24.0 Å². The Morgan fingerprint density at radius 3 is 2.74 bits per heavy atom. The van der Waals surface area contributed by atoms with E-state index < -0.39 is 5.91 Å². The maximum absolute atomic E-state index is 11.2. The van der Waals surface area contributed by atoms with E-state index in [1.165, 1.54) is 0 Å². The van der Waals surface area contributed by atoms with Crippen LogP contribution < -0.4 is 11.1 Å². The van der Waals surface area contributed by atoms with Crippen molar-refractivity contribution in [1.29, 1.82) is 0 Å². The summed E-state index contributed by atoms with van der Waals surface area (Å²) in [6.07, 6.45) is 2.48. The molecule has 0 unspecified atom stereocenters. The van der Waals surface area contributed by atoms with E-state index >= 15 is 0 Å². The van der Waals surface area contributed by atoms with Gasteiger partial charge in [0.05, 0.1) is 5.69 Å². The van der Waals surface area contributed by atoms with Gasteiger partial charge in [0.2, 0.25) is 0 Å². The van der Waals surface area contributed by atoms with Crippen molar-refractivity contribution in [3.05, 3.63) is 16.5 Å². The van der Waals surface area contributed by atoms with E-state index in [1.807, 2.05) is 6.92 Å². The molecule has 1 aliphatic heterocycles. The second kappa shape index (κ2) is 6.16. The zero-order valence-electron chi connectivity index (χ0n) is 10.8. The first-order valence-electron chi connectivity index (χ1n) is 6.32. The number of anilines is 1. The SMILES string of the molecule is CCc1nc(C(N)=O)c(Cl)nc1NC1CCOCC1. The molecule has 1 saturated heterocycles. The van der Waals surface area contributed by atoms with E-state index in [4.69, 9.17) is 22.1 Å². The van der Waals surface area contributed by atoms with E-state index in [0.717, 1.165) is 26.1 Å². The highest BCUT2D eigenvalue weighted by molar-refractivity contribution is 6.32. The molecule has 6 nitrogen and oxygen atoms in total. The highest BCUT2D eigenvalue weighted by Crippen LogP contribution is 2.21. The molecule has 1 aromatic heterocycles. The lowest BCUT2D eigenvalue weighted by Crippen LogP contribution is -2.29. The van der Waals surface area contributed by atoms with Gasteiger partial charge in [0.25, 0.3) is 5.91 Å². The fourth-order valence-corrected chi connectivity index (χ4v) is 2.22. The summed E-state index contributed by atoms with van der Waals surface area (Å²) in [7, 11) is 0. The molecule has 19 heavy (non-hydrogen) atoms. The lowest BCUT2D eigenvalue weighted by molar-refractivity contribution is 0.0903. The molecule has 0 spiro atoms. The van der Waals surface area contributed by atoms with Crippen LogP contribution in [-0.2, 0) is 11.2 Å². The maximum atomic E-state index is 11.2. The van der Waals surface area contributed by atoms with E-state index in [2.05, 4.69) is 15.3 Å². The number of amides is 1. The van der Waals surface area contributed by atoms with Crippen LogP contribution in [0.15, 0.2) is 0 Å². The number of rotatable bonds is 4. The second-order valence-corrected chi connectivity index (χ2v) is 4.77. The van der Waals surface area contributed by atoms with Crippen molar-refractivity contribution in [3.63, 3.8) is 0 Å². The Hall–Kier alpha value is -1.40. The lowest BCUT2D eigenvalue weighted by Gasteiger charge is -2.24. The number of aryl methyl sites for hydroxylation is 1. The number of carbonyl (C=O) groups is 1. The molecule has 1 amide bonds. The highest BCUT2D eigenvalue weighted by Gasteiger charge is 2.19. The van der Waals surface area contributed by atoms with Crippen molar-refractivity contribution in [2.45, 2.75) is 32.2 Å². The number of ether oxygens (including phenoxy) is 1. The fourth-order valence-electron chi connectivity index (χ4n) is 2.00. The minimum Gasteiger partial charge on any atom is -0.381 e. The third-order valence-electron chi connectivity index (χ3n) is 3.06. The molecule has 2 heterocycles. The summed E-state index contributed by atoms with van der Waals surface area (Å²) in [6.45, 7) is 3.41. The lowest BCUT2D eigenvalue weighted by atomic mass is 10.1. The summed E-state index contributed by atoms with van der Waals surface area (Å²) in [5.74, 6) is -0.0331. The first kappa shape index (κ1) is 14.0. The predicted molar refractivity (Wildman–Crippen MR) is 72.4 cm³/mol. The number of nitrogens with one attached hydrogen (secondary N) is 1. The normalized spacial score (nSPS) is 16.3. The molecule has 0 aromatic carbocycles. The molecular weight excluding hydrogens is 268 g/mol. The molecular formula is C12H17ClN4O2. The van der Waals surface area contributed by atoms with Crippen LogP contribution in [0.2, 0.25) is 5.15 Å². The minimum atomic E-state index is -0.662. The van der Waals surface area contributed by atoms with Crippen molar-refractivity contribution in [1.82, 2.24) is 9.97 Å². The van der Waals surface area contributed by atoms with Gasteiger partial charge in [0.15, 0.2) is 10.8 Å². The van der Waals surface area contributed by atoms with Gasteiger partial charge in [0, 0.05) is 19.3 Å². The Morgan fingerprint density at radius 2 is 2.16 bits per heavy atom. The number of hydrogen-bond acceptors (Lipinski definition) is 5. The molecule has 0 aliphatic carbocycles. The Labute approximate surface area is 116 Å². The van der Waals surface area contributed by atoms with E-state index in [1.54, 1.807) is 0 Å². The van der Waals surface area contributed by atoms with Crippen LogP contribution >= 0.6 is 11.6 Å². The molecule has 3 N–H and O–H groups in total. The van der Waals surface area contributed by atoms with Crippen LogP contribution in [0, 0.1) is 0 Å². The Bertz CT molecular complexity index is 475. The Kier molecular flexibility index (Phi) is 4.55. The van der Waals surface area contributed by atoms with Crippen LogP contribution in [0.25, 0.3) is 0 Å². The van der Waals surface area contributed by atoms with Gasteiger partial charge in [-0.3, -0.25) is 4.79 Å². The zero-order valence-corrected chi connectivity index (χ0v) is 11.5. The molecule has 1 fully saturated rings. The van der Waals surface area contributed by atoms with Crippen LogP contribution in [0.5, 0.6) is 0 Å². The largest absolute Gasteiger partial charge is 0.381 e. The topological polar surface area (TPSA) is 90.1 Å². The van der Waals surface area contributed by atoms with Crippen molar-refractivity contribution in [2.24, 2.45) is 5.73 Å². The number of nitrogens with zero attached hydrogens (tertiary/aromatic N) is 2. The highest BCUT2D eigenvalue weighted by atomic mass is 35.5. The van der Waals surface area contributed by atoms with Gasteiger partial charge >= 0.3 is 0 Å². The van der Waals surface area contributed by atoms with Crippen LogP contribution in [-0.4, -0.2) is 35.1 Å². The van der Waals surface area contributed by atoms with E-state index in [9.17, 15) is 4.79 Å². The second-order valence-electron chi connectivity index (χ2n) is 4.41. The fraction of sp³-hybridized carbons (Fsp3) is 0.583. The van der Waals surface area contributed by atoms with Crippen LogP contribution in [0.1, 0.15) is 35.9 Å². The molecule has 0 radical (unpaired) electrons. The summed E-state index contributed by atoms with van der Waals surface area (Å²) in [6, 6.07) is 0.295. The Balaban J connectivity index is 2.23. The number of nitrogens with two attached hydrogens (primary N) is 1. The minimum absolute atomic E-state index is 0.0241.